The van der Waals surface area contributed by atoms with Crippen LogP contribution in [0.25, 0.3) is 0 Å². The van der Waals surface area contributed by atoms with E-state index in [-0.39, 0.29) is 126 Å². The molecule has 216 valence electrons. The van der Waals surface area contributed by atoms with Crippen molar-refractivity contribution in [2.75, 3.05) is 0 Å². The molecule has 0 fully saturated rings. The molecule has 0 radical (unpaired) electrons. The molecule has 0 N–H and O–H groups in total. The van der Waals surface area contributed by atoms with Crippen molar-refractivity contribution in [3.05, 3.63) is 71.8 Å². The average molecular weight is 679 g/mol. The second-order valence-corrected chi connectivity index (χ2v) is 8.31. The summed E-state index contributed by atoms with van der Waals surface area (Å²) in [4.78, 5) is 64.7. The van der Waals surface area contributed by atoms with E-state index < -0.39 is 72.7 Å². The van der Waals surface area contributed by atoms with Gasteiger partial charge >= 0.3 is 113 Å². The first-order valence-corrected chi connectivity index (χ1v) is 11.3. The third-order valence-electron chi connectivity index (χ3n) is 5.18. The minimum atomic E-state index is -2.52. The van der Waals surface area contributed by atoms with E-state index in [1.54, 1.807) is 60.7 Å². The average Bonchev–Trinajstić information content (AvgIpc) is 2.86. The molecule has 0 saturated heterocycles. The Morgan fingerprint density at radius 2 is 0.698 bits per heavy atom. The Balaban J connectivity index is -0.000000696. The molecule has 2 aromatic rings. The van der Waals surface area contributed by atoms with Gasteiger partial charge in [0.1, 0.15) is 11.2 Å². The summed E-state index contributed by atoms with van der Waals surface area (Å²) in [6.45, 7) is -0.565. The maximum atomic E-state index is 11.1. The fourth-order valence-electron chi connectivity index (χ4n) is 3.26. The van der Waals surface area contributed by atoms with Gasteiger partial charge in [-0.05, 0) is 11.1 Å². The Hall–Kier alpha value is -1.04. The molecule has 0 heterocycles. The summed E-state index contributed by atoms with van der Waals surface area (Å²) in [5, 5.41) is 64.7. The van der Waals surface area contributed by atoms with Gasteiger partial charge in [-0.25, -0.2) is 0 Å². The number of carbonyl (C=O) groups is 6. The number of hydrogen-bond acceptors (Lipinski definition) is 14. The van der Waals surface area contributed by atoms with Crippen molar-refractivity contribution in [1.82, 2.24) is 0 Å². The second-order valence-electron chi connectivity index (χ2n) is 8.31. The van der Waals surface area contributed by atoms with Gasteiger partial charge in [-0.3, -0.25) is 0 Å². The standard InChI is InChI=1S/2C13H14O7.3Ca/c2*14-10(15)6-13(12(18)19,7-11(16)17)20-8-9-4-2-1-3-5-9;;;/h2*1-5H,6-8H2,(H,14,15)(H,16,17)(H,18,19);;;/q;;3*+2/p-6. The van der Waals surface area contributed by atoms with Gasteiger partial charge in [0.2, 0.25) is 0 Å². The number of ether oxygens (including phenoxy) is 2. The van der Waals surface area contributed by atoms with E-state index in [0.717, 1.165) is 0 Å². The third-order valence-corrected chi connectivity index (χ3v) is 5.18. The number of aliphatic carboxylic acids is 6. The van der Waals surface area contributed by atoms with E-state index in [9.17, 15) is 59.4 Å². The first kappa shape index (κ1) is 46.4. The molecule has 0 aliphatic heterocycles. The van der Waals surface area contributed by atoms with Gasteiger partial charge in [0.05, 0.1) is 25.2 Å². The first-order chi connectivity index (χ1) is 18.7. The Kier molecular flexibility index (Phi) is 25.2. The first-order valence-electron chi connectivity index (χ1n) is 11.3. The molecule has 43 heavy (non-hydrogen) atoms. The van der Waals surface area contributed by atoms with Gasteiger partial charge in [-0.1, -0.05) is 60.7 Å². The molecule has 0 saturated carbocycles. The molecule has 2 rings (SSSR count). The van der Waals surface area contributed by atoms with Crippen LogP contribution in [0.3, 0.4) is 0 Å². The fourth-order valence-corrected chi connectivity index (χ4v) is 3.26. The van der Waals surface area contributed by atoms with Crippen molar-refractivity contribution < 1.29 is 68.9 Å². The zero-order chi connectivity index (χ0) is 30.3. The smallest absolute Gasteiger partial charge is 0.550 e. The molecule has 0 aromatic heterocycles. The summed E-state index contributed by atoms with van der Waals surface area (Å²) in [6, 6.07) is 16.5. The minimum Gasteiger partial charge on any atom is -0.550 e. The van der Waals surface area contributed by atoms with E-state index >= 15 is 0 Å². The van der Waals surface area contributed by atoms with Gasteiger partial charge in [0.25, 0.3) is 0 Å². The van der Waals surface area contributed by atoms with E-state index in [0.29, 0.717) is 11.1 Å². The molecule has 17 heteroatoms. The van der Waals surface area contributed by atoms with Crippen LogP contribution in [-0.2, 0) is 51.5 Å². The third kappa shape index (κ3) is 17.9. The van der Waals surface area contributed by atoms with Crippen molar-refractivity contribution in [1.29, 1.82) is 0 Å². The van der Waals surface area contributed by atoms with Gasteiger partial charge in [-0.15, -0.1) is 0 Å². The van der Waals surface area contributed by atoms with Crippen molar-refractivity contribution in [3.63, 3.8) is 0 Å². The summed E-state index contributed by atoms with van der Waals surface area (Å²) in [5.41, 5.74) is -3.94. The number of carboxylic acid groups (broad SMARTS) is 6. The van der Waals surface area contributed by atoms with Crippen LogP contribution in [0.15, 0.2) is 60.7 Å². The molecular formula is C26H22Ca3O14. The number of benzene rings is 2. The molecule has 2 aromatic carbocycles. The molecule has 0 atom stereocenters. The van der Waals surface area contributed by atoms with Gasteiger partial charge < -0.3 is 68.9 Å². The molecule has 0 amide bonds. The van der Waals surface area contributed by atoms with Crippen LogP contribution >= 0.6 is 0 Å². The van der Waals surface area contributed by atoms with Gasteiger partial charge in [-0.2, -0.15) is 0 Å². The van der Waals surface area contributed by atoms with E-state index in [1.165, 1.54) is 0 Å². The summed E-state index contributed by atoms with van der Waals surface area (Å²) in [5.74, 6) is -10.9. The van der Waals surface area contributed by atoms with E-state index in [4.69, 9.17) is 9.47 Å². The largest absolute Gasteiger partial charge is 2.00 e. The van der Waals surface area contributed by atoms with Crippen LogP contribution in [0.1, 0.15) is 36.8 Å². The van der Waals surface area contributed by atoms with Gasteiger partial charge in [0.15, 0.2) is 0 Å². The Morgan fingerprint density at radius 1 is 0.465 bits per heavy atom. The van der Waals surface area contributed by atoms with Crippen LogP contribution in [-0.4, -0.2) is 160 Å². The SMILES string of the molecule is O=C([O-])CC(CC(=O)[O-])(OCc1ccccc1)C(=O)[O-].O=C([O-])CC(CC(=O)[O-])(OCc1ccccc1)C(=O)[O-].[Ca+2].[Ca+2].[Ca+2]. The molecule has 14 nitrogen and oxygen atoms in total. The Morgan fingerprint density at radius 3 is 0.884 bits per heavy atom. The number of carbonyl (C=O) groups excluding carboxylic acids is 6. The molecule has 0 aliphatic rings. The normalized spacial score (nSPS) is 10.2. The van der Waals surface area contributed by atoms with Crippen LogP contribution in [0, 0.1) is 0 Å². The summed E-state index contributed by atoms with van der Waals surface area (Å²) < 4.78 is 9.99. The Bertz CT molecular complexity index is 1070. The molecular weight excluding hydrogens is 657 g/mol. The predicted octanol–water partition coefficient (Wildman–Crippen LogP) is -7.20. The quantitative estimate of drug-likeness (QED) is 0.149. The van der Waals surface area contributed by atoms with Crippen molar-refractivity contribution >= 4 is 149 Å². The molecule has 0 aliphatic carbocycles. The maximum Gasteiger partial charge on any atom is 2.00 e. The molecule has 0 bridgehead atoms. The van der Waals surface area contributed by atoms with Crippen molar-refractivity contribution in [2.24, 2.45) is 0 Å². The second kappa shape index (κ2) is 23.3. The Labute approximate surface area is 335 Å². The summed E-state index contributed by atoms with van der Waals surface area (Å²) >= 11 is 0. The van der Waals surface area contributed by atoms with Crippen molar-refractivity contribution in [3.8, 4) is 0 Å². The minimum absolute atomic E-state index is 0. The molecule has 0 spiro atoms. The number of hydrogen-bond donors (Lipinski definition) is 0. The van der Waals surface area contributed by atoms with Crippen LogP contribution in [0.5, 0.6) is 0 Å². The van der Waals surface area contributed by atoms with Crippen LogP contribution in [0.2, 0.25) is 0 Å². The predicted molar refractivity (Wildman–Crippen MR) is 134 cm³/mol. The van der Waals surface area contributed by atoms with E-state index in [2.05, 4.69) is 0 Å². The monoisotopic (exact) mass is 678 g/mol. The van der Waals surface area contributed by atoms with Crippen LogP contribution < -0.4 is 30.6 Å². The van der Waals surface area contributed by atoms with Gasteiger partial charge in [0, 0.05) is 49.6 Å². The number of rotatable bonds is 16. The topological polar surface area (TPSA) is 259 Å². The summed E-state index contributed by atoms with van der Waals surface area (Å²) in [6.07, 6.45) is -4.57. The number of carboxylic acids is 6. The summed E-state index contributed by atoms with van der Waals surface area (Å²) in [7, 11) is 0. The fraction of sp³-hybridized carbons (Fsp3) is 0.308. The zero-order valence-corrected chi connectivity index (χ0v) is 29.5. The maximum absolute atomic E-state index is 11.1. The van der Waals surface area contributed by atoms with Crippen LogP contribution in [0.4, 0.5) is 0 Å². The van der Waals surface area contributed by atoms with E-state index in [1.807, 2.05) is 0 Å². The van der Waals surface area contributed by atoms with Crippen molar-refractivity contribution in [2.45, 2.75) is 50.1 Å². The zero-order valence-electron chi connectivity index (χ0n) is 22.9. The molecule has 0 unspecified atom stereocenters.